The van der Waals surface area contributed by atoms with Crippen LogP contribution in [0.3, 0.4) is 0 Å². The summed E-state index contributed by atoms with van der Waals surface area (Å²) in [7, 11) is 0. The highest BCUT2D eigenvalue weighted by molar-refractivity contribution is 5.57. The number of aliphatic hydroxyl groups is 1. The minimum absolute atomic E-state index is 0.163. The molecule has 1 unspecified atom stereocenters. The minimum Gasteiger partial charge on any atom is -0.388 e. The van der Waals surface area contributed by atoms with Crippen molar-refractivity contribution in [3.8, 4) is 11.3 Å². The summed E-state index contributed by atoms with van der Waals surface area (Å²) in [5.41, 5.74) is 0.719. The molecule has 2 aliphatic rings. The van der Waals surface area contributed by atoms with Crippen molar-refractivity contribution in [2.75, 3.05) is 0 Å². The van der Waals surface area contributed by atoms with Gasteiger partial charge in [0.05, 0.1) is 17.8 Å². The molecule has 0 aliphatic carbocycles. The zero-order valence-electron chi connectivity index (χ0n) is 13.0. The fourth-order valence-corrected chi connectivity index (χ4v) is 3.96. The molecule has 2 bridgehead atoms. The van der Waals surface area contributed by atoms with E-state index in [2.05, 4.69) is 10.4 Å². The van der Waals surface area contributed by atoms with Crippen LogP contribution in [0.4, 0.5) is 0 Å². The van der Waals surface area contributed by atoms with E-state index in [1.54, 1.807) is 6.07 Å². The van der Waals surface area contributed by atoms with E-state index in [1.165, 1.54) is 10.7 Å². The maximum Gasteiger partial charge on any atom is 0.266 e. The van der Waals surface area contributed by atoms with E-state index in [-0.39, 0.29) is 12.1 Å². The maximum atomic E-state index is 12.2. The zero-order valence-corrected chi connectivity index (χ0v) is 13.0. The van der Waals surface area contributed by atoms with Gasteiger partial charge in [0.1, 0.15) is 0 Å². The molecule has 2 aromatic rings. The summed E-state index contributed by atoms with van der Waals surface area (Å²) in [6.07, 6.45) is 3.60. The molecule has 0 saturated carbocycles. The first-order valence-corrected chi connectivity index (χ1v) is 8.23. The quantitative estimate of drug-likeness (QED) is 0.903. The summed E-state index contributed by atoms with van der Waals surface area (Å²) in [6.45, 7) is 0.265. The molecule has 2 aliphatic heterocycles. The smallest absolute Gasteiger partial charge is 0.266 e. The number of piperidine rings is 1. The lowest BCUT2D eigenvalue weighted by Crippen LogP contribution is -2.51. The van der Waals surface area contributed by atoms with Gasteiger partial charge >= 0.3 is 0 Å². The van der Waals surface area contributed by atoms with E-state index in [9.17, 15) is 9.90 Å². The topological polar surface area (TPSA) is 67.2 Å². The number of hydrogen-bond acceptors (Lipinski definition) is 4. The summed E-state index contributed by atoms with van der Waals surface area (Å²) in [5, 5.41) is 18.9. The Balaban J connectivity index is 1.63. The number of aromatic nitrogens is 2. The Kier molecular flexibility index (Phi) is 3.54. The third-order valence-electron chi connectivity index (χ3n) is 4.97. The van der Waals surface area contributed by atoms with E-state index in [1.807, 2.05) is 30.3 Å². The summed E-state index contributed by atoms with van der Waals surface area (Å²) in [5.74, 6) is 0. The third-order valence-corrected chi connectivity index (χ3v) is 4.97. The van der Waals surface area contributed by atoms with Gasteiger partial charge in [0.2, 0.25) is 0 Å². The van der Waals surface area contributed by atoms with Gasteiger partial charge in [0.15, 0.2) is 0 Å². The number of hydrogen-bond donors (Lipinski definition) is 2. The van der Waals surface area contributed by atoms with Crippen LogP contribution in [0.15, 0.2) is 47.3 Å². The summed E-state index contributed by atoms with van der Waals surface area (Å²) in [4.78, 5) is 12.2. The number of nitrogens with one attached hydrogen (secondary N) is 1. The molecular weight excluding hydrogens is 290 g/mol. The Morgan fingerprint density at radius 3 is 2.52 bits per heavy atom. The molecule has 5 nitrogen and oxygen atoms in total. The van der Waals surface area contributed by atoms with E-state index < -0.39 is 5.60 Å². The van der Waals surface area contributed by atoms with Gasteiger partial charge in [-0.05, 0) is 31.7 Å². The van der Waals surface area contributed by atoms with Crippen molar-refractivity contribution in [2.24, 2.45) is 0 Å². The lowest BCUT2D eigenvalue weighted by molar-refractivity contribution is -0.0249. The molecular formula is C18H21N3O2. The molecule has 1 aromatic carbocycles. The molecule has 23 heavy (non-hydrogen) atoms. The highest BCUT2D eigenvalue weighted by Crippen LogP contribution is 2.34. The van der Waals surface area contributed by atoms with Crippen molar-refractivity contribution in [1.29, 1.82) is 0 Å². The summed E-state index contributed by atoms with van der Waals surface area (Å²) >= 11 is 0. The van der Waals surface area contributed by atoms with Crippen molar-refractivity contribution in [3.05, 3.63) is 52.8 Å². The molecule has 2 saturated heterocycles. The van der Waals surface area contributed by atoms with Crippen molar-refractivity contribution in [1.82, 2.24) is 15.1 Å². The average Bonchev–Trinajstić information content (AvgIpc) is 2.90. The highest BCUT2D eigenvalue weighted by atomic mass is 16.3. The van der Waals surface area contributed by atoms with Gasteiger partial charge in [-0.25, -0.2) is 4.68 Å². The molecule has 0 amide bonds. The van der Waals surface area contributed by atoms with Crippen molar-refractivity contribution in [2.45, 2.75) is 49.9 Å². The van der Waals surface area contributed by atoms with Gasteiger partial charge in [-0.2, -0.15) is 5.10 Å². The van der Waals surface area contributed by atoms with E-state index in [0.29, 0.717) is 24.9 Å². The average molecular weight is 311 g/mol. The minimum atomic E-state index is -0.844. The van der Waals surface area contributed by atoms with Crippen molar-refractivity contribution in [3.63, 3.8) is 0 Å². The zero-order chi connectivity index (χ0) is 15.9. The Hall–Kier alpha value is -1.98. The lowest BCUT2D eigenvalue weighted by atomic mass is 9.87. The fraction of sp³-hybridized carbons (Fsp3) is 0.444. The second-order valence-electron chi connectivity index (χ2n) is 6.85. The molecule has 0 spiro atoms. The van der Waals surface area contributed by atoms with Crippen molar-refractivity contribution >= 4 is 0 Å². The lowest BCUT2D eigenvalue weighted by Gasteiger charge is -2.37. The van der Waals surface area contributed by atoms with Gasteiger partial charge in [-0.1, -0.05) is 30.3 Å². The standard InChI is InChI=1S/C18H21N3O2/c22-17-9-8-16(13-4-2-1-3-5-13)20-21(17)12-18(23)10-14-6-7-15(11-18)19-14/h1-5,8-9,14-15,19,23H,6-7,10-12H2/t14-,15+,18?. The second kappa shape index (κ2) is 5.58. The Morgan fingerprint density at radius 1 is 1.13 bits per heavy atom. The monoisotopic (exact) mass is 311 g/mol. The Bertz CT molecular complexity index is 744. The maximum absolute atomic E-state index is 12.2. The third kappa shape index (κ3) is 2.94. The Morgan fingerprint density at radius 2 is 1.83 bits per heavy atom. The van der Waals surface area contributed by atoms with Crippen LogP contribution in [0.2, 0.25) is 0 Å². The molecule has 3 atom stereocenters. The Labute approximate surface area is 135 Å². The number of fused-ring (bicyclic) bond motifs is 2. The SMILES string of the molecule is O=c1ccc(-c2ccccc2)nn1CC1(O)C[C@H]2CC[C@@H](C1)N2. The van der Waals surface area contributed by atoms with Gasteiger partial charge in [-0.15, -0.1) is 0 Å². The van der Waals surface area contributed by atoms with Crippen LogP contribution in [0.25, 0.3) is 11.3 Å². The number of nitrogens with zero attached hydrogens (tertiary/aromatic N) is 2. The molecule has 5 heteroatoms. The molecule has 2 N–H and O–H groups in total. The van der Waals surface area contributed by atoms with Crippen LogP contribution in [0.5, 0.6) is 0 Å². The molecule has 120 valence electrons. The molecule has 2 fully saturated rings. The van der Waals surface area contributed by atoms with Gasteiger partial charge < -0.3 is 10.4 Å². The summed E-state index contributed by atoms with van der Waals surface area (Å²) < 4.78 is 1.42. The van der Waals surface area contributed by atoms with Crippen LogP contribution in [-0.2, 0) is 6.54 Å². The first-order valence-electron chi connectivity index (χ1n) is 8.23. The van der Waals surface area contributed by atoms with Crippen molar-refractivity contribution < 1.29 is 5.11 Å². The highest BCUT2D eigenvalue weighted by Gasteiger charge is 2.42. The van der Waals surface area contributed by atoms with Gasteiger partial charge in [0.25, 0.3) is 5.56 Å². The first kappa shape index (κ1) is 14.6. The number of rotatable bonds is 3. The largest absolute Gasteiger partial charge is 0.388 e. The van der Waals surface area contributed by atoms with E-state index in [4.69, 9.17) is 0 Å². The second-order valence-corrected chi connectivity index (χ2v) is 6.85. The van der Waals surface area contributed by atoms with Crippen LogP contribution >= 0.6 is 0 Å². The predicted molar refractivity (Wildman–Crippen MR) is 88.1 cm³/mol. The fourth-order valence-electron chi connectivity index (χ4n) is 3.96. The first-order chi connectivity index (χ1) is 11.1. The van der Waals surface area contributed by atoms with E-state index >= 15 is 0 Å². The van der Waals surface area contributed by atoms with Crippen LogP contribution in [0, 0.1) is 0 Å². The van der Waals surface area contributed by atoms with Gasteiger partial charge in [0, 0.05) is 23.7 Å². The molecule has 0 radical (unpaired) electrons. The van der Waals surface area contributed by atoms with Crippen LogP contribution in [0.1, 0.15) is 25.7 Å². The van der Waals surface area contributed by atoms with Gasteiger partial charge in [-0.3, -0.25) is 4.79 Å². The van der Waals surface area contributed by atoms with E-state index in [0.717, 1.165) is 24.1 Å². The summed E-state index contributed by atoms with van der Waals surface area (Å²) in [6, 6.07) is 13.8. The normalized spacial score (nSPS) is 29.6. The molecule has 1 aromatic heterocycles. The predicted octanol–water partition coefficient (Wildman–Crippen LogP) is 1.56. The molecule has 4 rings (SSSR count). The van der Waals surface area contributed by atoms with Crippen LogP contribution in [-0.4, -0.2) is 32.6 Å². The van der Waals surface area contributed by atoms with Crippen LogP contribution < -0.4 is 10.9 Å². The molecule has 3 heterocycles. The number of benzene rings is 1.